The number of H-pyrrole nitrogens is 1. The second kappa shape index (κ2) is 2.91. The maximum Gasteiger partial charge on any atom is 0.305 e. The fourth-order valence-corrected chi connectivity index (χ4v) is 1.63. The maximum absolute atomic E-state index is 10.8. The summed E-state index contributed by atoms with van der Waals surface area (Å²) in [7, 11) is 0. The zero-order valence-electron chi connectivity index (χ0n) is 6.15. The van der Waals surface area contributed by atoms with Gasteiger partial charge < -0.3 is 4.98 Å². The molecule has 0 radical (unpaired) electrons. The van der Waals surface area contributed by atoms with Crippen molar-refractivity contribution in [3.63, 3.8) is 0 Å². The Kier molecular flexibility index (Phi) is 1.75. The summed E-state index contributed by atoms with van der Waals surface area (Å²) in [5.41, 5.74) is 1.02. The van der Waals surface area contributed by atoms with Gasteiger partial charge in [0.2, 0.25) is 0 Å². The van der Waals surface area contributed by atoms with E-state index in [2.05, 4.69) is 9.97 Å². The van der Waals surface area contributed by atoms with Crippen LogP contribution in [0.3, 0.4) is 0 Å². The van der Waals surface area contributed by atoms with Gasteiger partial charge in [0.1, 0.15) is 0 Å². The number of hydrogen-bond acceptors (Lipinski definition) is 3. The predicted octanol–water partition coefficient (Wildman–Crippen LogP) is 1.50. The number of nitrogens with one attached hydrogen (secondary N) is 1. The van der Waals surface area contributed by atoms with E-state index in [4.69, 9.17) is 0 Å². The van der Waals surface area contributed by atoms with Crippen LogP contribution in [-0.4, -0.2) is 9.97 Å². The summed E-state index contributed by atoms with van der Waals surface area (Å²) in [5.74, 6) is 0. The molecule has 2 rings (SSSR count). The molecule has 0 fully saturated rings. The Labute approximate surface area is 72.7 Å². The van der Waals surface area contributed by atoms with Crippen molar-refractivity contribution in [1.29, 1.82) is 0 Å². The Morgan fingerprint density at radius 1 is 1.33 bits per heavy atom. The largest absolute Gasteiger partial charge is 0.319 e. The SMILES string of the molecule is O=c1[nH]cc(-c2ccncc2)s1. The van der Waals surface area contributed by atoms with E-state index in [0.717, 1.165) is 10.4 Å². The molecule has 0 aromatic carbocycles. The van der Waals surface area contributed by atoms with Crippen molar-refractivity contribution < 1.29 is 0 Å². The quantitative estimate of drug-likeness (QED) is 0.719. The monoisotopic (exact) mass is 178 g/mol. The Hall–Kier alpha value is -1.42. The second-order valence-electron chi connectivity index (χ2n) is 2.28. The highest BCUT2D eigenvalue weighted by molar-refractivity contribution is 7.12. The minimum Gasteiger partial charge on any atom is -0.319 e. The van der Waals surface area contributed by atoms with Crippen LogP contribution < -0.4 is 4.87 Å². The molecule has 0 bridgehead atoms. The molecule has 0 unspecified atom stereocenters. The van der Waals surface area contributed by atoms with E-state index in [1.54, 1.807) is 18.6 Å². The van der Waals surface area contributed by atoms with Crippen LogP contribution in [0, 0.1) is 0 Å². The molecule has 3 nitrogen and oxygen atoms in total. The highest BCUT2D eigenvalue weighted by Crippen LogP contribution is 2.18. The lowest BCUT2D eigenvalue weighted by molar-refractivity contribution is 1.32. The smallest absolute Gasteiger partial charge is 0.305 e. The van der Waals surface area contributed by atoms with Crippen molar-refractivity contribution in [3.8, 4) is 10.4 Å². The molecule has 12 heavy (non-hydrogen) atoms. The van der Waals surface area contributed by atoms with Gasteiger partial charge in [-0.2, -0.15) is 0 Å². The summed E-state index contributed by atoms with van der Waals surface area (Å²) >= 11 is 1.20. The molecule has 0 amide bonds. The lowest BCUT2D eigenvalue weighted by Gasteiger charge is -1.91. The van der Waals surface area contributed by atoms with Gasteiger partial charge in [0.15, 0.2) is 0 Å². The Bertz CT molecular complexity index is 418. The maximum atomic E-state index is 10.8. The molecule has 0 spiro atoms. The van der Waals surface area contributed by atoms with Gasteiger partial charge in [-0.05, 0) is 17.7 Å². The first-order valence-electron chi connectivity index (χ1n) is 3.45. The van der Waals surface area contributed by atoms with Crippen molar-refractivity contribution in [2.24, 2.45) is 0 Å². The zero-order valence-corrected chi connectivity index (χ0v) is 6.97. The van der Waals surface area contributed by atoms with Gasteiger partial charge in [0.25, 0.3) is 0 Å². The van der Waals surface area contributed by atoms with Crippen LogP contribution >= 0.6 is 11.3 Å². The minimum atomic E-state index is -0.0261. The predicted molar refractivity (Wildman–Crippen MR) is 48.2 cm³/mol. The van der Waals surface area contributed by atoms with Gasteiger partial charge in [0.05, 0.1) is 4.88 Å². The Morgan fingerprint density at radius 3 is 2.67 bits per heavy atom. The van der Waals surface area contributed by atoms with Gasteiger partial charge in [0, 0.05) is 18.6 Å². The van der Waals surface area contributed by atoms with Gasteiger partial charge in [-0.1, -0.05) is 11.3 Å². The third-order valence-electron chi connectivity index (χ3n) is 1.49. The number of hydrogen-bond donors (Lipinski definition) is 1. The minimum absolute atomic E-state index is 0.0261. The third kappa shape index (κ3) is 1.29. The Morgan fingerprint density at radius 2 is 2.08 bits per heavy atom. The highest BCUT2D eigenvalue weighted by atomic mass is 32.1. The first kappa shape index (κ1) is 7.24. The number of thiazole rings is 1. The molecule has 0 atom stereocenters. The van der Waals surface area contributed by atoms with E-state index >= 15 is 0 Å². The summed E-state index contributed by atoms with van der Waals surface area (Å²) < 4.78 is 0. The number of aromatic nitrogens is 2. The van der Waals surface area contributed by atoms with Gasteiger partial charge in [-0.25, -0.2) is 0 Å². The van der Waals surface area contributed by atoms with Gasteiger partial charge in [-0.15, -0.1) is 0 Å². The standard InChI is InChI=1S/C8H6N2OS/c11-8-10-5-7(12-8)6-1-3-9-4-2-6/h1-5H,(H,10,11). The summed E-state index contributed by atoms with van der Waals surface area (Å²) in [6, 6.07) is 3.75. The summed E-state index contributed by atoms with van der Waals surface area (Å²) in [6.45, 7) is 0. The fourth-order valence-electron chi connectivity index (χ4n) is 0.942. The first-order chi connectivity index (χ1) is 5.86. The average Bonchev–Trinajstić information content (AvgIpc) is 2.54. The van der Waals surface area contributed by atoms with E-state index in [-0.39, 0.29) is 4.87 Å². The van der Waals surface area contributed by atoms with E-state index in [1.165, 1.54) is 11.3 Å². The van der Waals surface area contributed by atoms with E-state index < -0.39 is 0 Å². The van der Waals surface area contributed by atoms with E-state index in [9.17, 15) is 4.79 Å². The topological polar surface area (TPSA) is 45.8 Å². The van der Waals surface area contributed by atoms with Crippen molar-refractivity contribution in [1.82, 2.24) is 9.97 Å². The van der Waals surface area contributed by atoms with Gasteiger partial charge in [-0.3, -0.25) is 9.78 Å². The summed E-state index contributed by atoms with van der Waals surface area (Å²) in [6.07, 6.45) is 5.13. The number of aromatic amines is 1. The molecule has 0 aliphatic heterocycles. The van der Waals surface area contributed by atoms with E-state index in [0.29, 0.717) is 0 Å². The molecular formula is C8H6N2OS. The summed E-state index contributed by atoms with van der Waals surface area (Å²) in [5, 5.41) is 0. The van der Waals surface area contributed by atoms with Crippen LogP contribution in [0.2, 0.25) is 0 Å². The van der Waals surface area contributed by atoms with Crippen molar-refractivity contribution in [3.05, 3.63) is 40.4 Å². The highest BCUT2D eigenvalue weighted by Gasteiger charge is 1.98. The van der Waals surface area contributed by atoms with Crippen LogP contribution in [0.4, 0.5) is 0 Å². The van der Waals surface area contributed by atoms with Crippen molar-refractivity contribution in [2.75, 3.05) is 0 Å². The molecule has 2 aromatic rings. The lowest BCUT2D eigenvalue weighted by atomic mass is 10.2. The van der Waals surface area contributed by atoms with Crippen LogP contribution in [0.15, 0.2) is 35.5 Å². The molecule has 0 aliphatic rings. The number of nitrogens with zero attached hydrogens (tertiary/aromatic N) is 1. The number of pyridine rings is 1. The van der Waals surface area contributed by atoms with E-state index in [1.807, 2.05) is 12.1 Å². The molecule has 4 heteroatoms. The molecule has 0 saturated heterocycles. The second-order valence-corrected chi connectivity index (χ2v) is 3.29. The molecule has 60 valence electrons. The summed E-state index contributed by atoms with van der Waals surface area (Å²) in [4.78, 5) is 18.2. The average molecular weight is 178 g/mol. The molecule has 1 N–H and O–H groups in total. The first-order valence-corrected chi connectivity index (χ1v) is 4.27. The van der Waals surface area contributed by atoms with Crippen LogP contribution in [0.5, 0.6) is 0 Å². The molecule has 2 aromatic heterocycles. The molecule has 0 saturated carbocycles. The van der Waals surface area contributed by atoms with Crippen molar-refractivity contribution in [2.45, 2.75) is 0 Å². The lowest BCUT2D eigenvalue weighted by Crippen LogP contribution is -1.88. The van der Waals surface area contributed by atoms with Crippen LogP contribution in [0.25, 0.3) is 10.4 Å². The number of rotatable bonds is 1. The Balaban J connectivity index is 2.51. The fraction of sp³-hybridized carbons (Fsp3) is 0. The van der Waals surface area contributed by atoms with Gasteiger partial charge >= 0.3 is 4.87 Å². The van der Waals surface area contributed by atoms with Crippen LogP contribution in [-0.2, 0) is 0 Å². The molecular weight excluding hydrogens is 172 g/mol. The van der Waals surface area contributed by atoms with Crippen LogP contribution in [0.1, 0.15) is 0 Å². The van der Waals surface area contributed by atoms with Crippen molar-refractivity contribution >= 4 is 11.3 Å². The zero-order chi connectivity index (χ0) is 8.39. The third-order valence-corrected chi connectivity index (χ3v) is 2.37. The molecule has 0 aliphatic carbocycles. The normalized spacial score (nSPS) is 10.0. The molecule has 2 heterocycles.